The number of ether oxygens (including phenoxy) is 1. The number of aliphatic imine (C=N–C) groups is 1. The predicted octanol–water partition coefficient (Wildman–Crippen LogP) is 2.95. The molecular formula is C18H32FIN4O. The highest BCUT2D eigenvalue weighted by Crippen LogP contribution is 2.16. The SMILES string of the molecule is CCNC(=NCCN(C)CCOC)NC(C)c1ccc(C)c(F)c1.I. The molecule has 0 saturated heterocycles. The van der Waals surface area contributed by atoms with E-state index < -0.39 is 0 Å². The highest BCUT2D eigenvalue weighted by atomic mass is 127. The van der Waals surface area contributed by atoms with E-state index in [-0.39, 0.29) is 35.8 Å². The molecule has 0 aliphatic rings. The van der Waals surface area contributed by atoms with Crippen LogP contribution >= 0.6 is 24.0 Å². The summed E-state index contributed by atoms with van der Waals surface area (Å²) in [5, 5.41) is 6.55. The fraction of sp³-hybridized carbons (Fsp3) is 0.611. The average molecular weight is 466 g/mol. The van der Waals surface area contributed by atoms with Crippen molar-refractivity contribution >= 4 is 29.9 Å². The Morgan fingerprint density at radius 1 is 1.36 bits per heavy atom. The van der Waals surface area contributed by atoms with Crippen LogP contribution < -0.4 is 10.6 Å². The Balaban J connectivity index is 0.00000576. The lowest BCUT2D eigenvalue weighted by Crippen LogP contribution is -2.39. The molecule has 1 rings (SSSR count). The van der Waals surface area contributed by atoms with E-state index in [4.69, 9.17) is 4.74 Å². The third-order valence-corrected chi connectivity index (χ3v) is 3.82. The monoisotopic (exact) mass is 466 g/mol. The molecule has 0 saturated carbocycles. The minimum atomic E-state index is -0.178. The van der Waals surface area contributed by atoms with Crippen LogP contribution in [0.15, 0.2) is 23.2 Å². The average Bonchev–Trinajstić information content (AvgIpc) is 2.55. The molecule has 1 atom stereocenters. The van der Waals surface area contributed by atoms with Gasteiger partial charge in [-0.3, -0.25) is 4.99 Å². The highest BCUT2D eigenvalue weighted by Gasteiger charge is 2.09. The van der Waals surface area contributed by atoms with Gasteiger partial charge in [0.15, 0.2) is 5.96 Å². The smallest absolute Gasteiger partial charge is 0.191 e. The Hall–Kier alpha value is -0.930. The van der Waals surface area contributed by atoms with Crippen LogP contribution in [0.4, 0.5) is 4.39 Å². The van der Waals surface area contributed by atoms with E-state index in [1.807, 2.05) is 27.0 Å². The molecule has 0 spiro atoms. The Morgan fingerprint density at radius 2 is 2.08 bits per heavy atom. The number of methoxy groups -OCH3 is 1. The molecular weight excluding hydrogens is 434 g/mol. The van der Waals surface area contributed by atoms with Crippen molar-refractivity contribution in [2.45, 2.75) is 26.8 Å². The molecule has 1 aromatic carbocycles. The third kappa shape index (κ3) is 9.37. The lowest BCUT2D eigenvalue weighted by molar-refractivity contribution is 0.163. The van der Waals surface area contributed by atoms with Crippen molar-refractivity contribution in [3.05, 3.63) is 35.1 Å². The number of nitrogens with zero attached hydrogens (tertiary/aromatic N) is 2. The normalized spacial score (nSPS) is 12.7. The van der Waals surface area contributed by atoms with Gasteiger partial charge in [-0.25, -0.2) is 4.39 Å². The lowest BCUT2D eigenvalue weighted by atomic mass is 10.1. The van der Waals surface area contributed by atoms with Crippen molar-refractivity contribution in [1.82, 2.24) is 15.5 Å². The maximum Gasteiger partial charge on any atom is 0.191 e. The van der Waals surface area contributed by atoms with E-state index in [0.717, 1.165) is 31.2 Å². The molecule has 0 aromatic heterocycles. The van der Waals surface area contributed by atoms with Gasteiger partial charge in [-0.05, 0) is 45.0 Å². The number of likely N-dealkylation sites (N-methyl/N-ethyl adjacent to an activating group) is 1. The van der Waals surface area contributed by atoms with Gasteiger partial charge in [0.25, 0.3) is 0 Å². The largest absolute Gasteiger partial charge is 0.383 e. The zero-order valence-corrected chi connectivity index (χ0v) is 18.3. The van der Waals surface area contributed by atoms with Crippen molar-refractivity contribution < 1.29 is 9.13 Å². The maximum atomic E-state index is 13.7. The summed E-state index contributed by atoms with van der Waals surface area (Å²) in [4.78, 5) is 6.76. The number of hydrogen-bond acceptors (Lipinski definition) is 3. The van der Waals surface area contributed by atoms with E-state index in [2.05, 4.69) is 20.5 Å². The molecule has 0 radical (unpaired) electrons. The Bertz CT molecular complexity index is 528. The minimum absolute atomic E-state index is 0. The van der Waals surface area contributed by atoms with Crippen molar-refractivity contribution in [1.29, 1.82) is 0 Å². The number of hydrogen-bond donors (Lipinski definition) is 2. The molecule has 25 heavy (non-hydrogen) atoms. The predicted molar refractivity (Wildman–Crippen MR) is 113 cm³/mol. The van der Waals surface area contributed by atoms with Crippen LogP contribution in [-0.4, -0.2) is 57.8 Å². The van der Waals surface area contributed by atoms with Gasteiger partial charge in [-0.15, -0.1) is 24.0 Å². The summed E-state index contributed by atoms with van der Waals surface area (Å²) >= 11 is 0. The Kier molecular flexibility index (Phi) is 12.8. The van der Waals surface area contributed by atoms with Gasteiger partial charge in [0.2, 0.25) is 0 Å². The van der Waals surface area contributed by atoms with Crippen molar-refractivity contribution in [2.24, 2.45) is 4.99 Å². The highest BCUT2D eigenvalue weighted by molar-refractivity contribution is 14.0. The van der Waals surface area contributed by atoms with E-state index in [9.17, 15) is 4.39 Å². The second kappa shape index (κ2) is 13.3. The molecule has 2 N–H and O–H groups in total. The number of aryl methyl sites for hydroxylation is 1. The van der Waals surface area contributed by atoms with Crippen LogP contribution in [0.3, 0.4) is 0 Å². The number of nitrogens with one attached hydrogen (secondary N) is 2. The standard InChI is InChI=1S/C18H31FN4O.HI/c1-6-20-18(21-9-10-23(4)11-12-24-5)22-15(3)16-8-7-14(2)17(19)13-16;/h7-8,13,15H,6,9-12H2,1-5H3,(H2,20,21,22);1H. The van der Waals surface area contributed by atoms with Crippen molar-refractivity contribution in [3.63, 3.8) is 0 Å². The van der Waals surface area contributed by atoms with E-state index in [0.29, 0.717) is 18.7 Å². The van der Waals surface area contributed by atoms with Gasteiger partial charge in [0.1, 0.15) is 5.82 Å². The van der Waals surface area contributed by atoms with Crippen LogP contribution in [0.1, 0.15) is 31.0 Å². The summed E-state index contributed by atoms with van der Waals surface area (Å²) in [6.07, 6.45) is 0. The second-order valence-corrected chi connectivity index (χ2v) is 5.93. The number of guanidine groups is 1. The summed E-state index contributed by atoms with van der Waals surface area (Å²) in [6, 6.07) is 5.30. The number of rotatable bonds is 9. The topological polar surface area (TPSA) is 48.9 Å². The van der Waals surface area contributed by atoms with Crippen LogP contribution in [-0.2, 0) is 4.74 Å². The fourth-order valence-corrected chi connectivity index (χ4v) is 2.18. The molecule has 1 unspecified atom stereocenters. The molecule has 0 aliphatic carbocycles. The van der Waals surface area contributed by atoms with Crippen molar-refractivity contribution in [3.8, 4) is 0 Å². The van der Waals surface area contributed by atoms with Gasteiger partial charge < -0.3 is 20.3 Å². The summed E-state index contributed by atoms with van der Waals surface area (Å²) < 4.78 is 18.8. The number of halogens is 2. The summed E-state index contributed by atoms with van der Waals surface area (Å²) in [7, 11) is 3.75. The molecule has 7 heteroatoms. The fourth-order valence-electron chi connectivity index (χ4n) is 2.18. The minimum Gasteiger partial charge on any atom is -0.383 e. The molecule has 144 valence electrons. The first-order valence-electron chi connectivity index (χ1n) is 8.46. The van der Waals surface area contributed by atoms with Crippen molar-refractivity contribution in [2.75, 3.05) is 46.9 Å². The first-order chi connectivity index (χ1) is 11.5. The Labute approximate surface area is 168 Å². The molecule has 0 bridgehead atoms. The van der Waals surface area contributed by atoms with Crippen LogP contribution in [0, 0.1) is 12.7 Å². The molecule has 5 nitrogen and oxygen atoms in total. The zero-order valence-electron chi connectivity index (χ0n) is 15.9. The summed E-state index contributed by atoms with van der Waals surface area (Å²) in [6.45, 7) is 9.71. The van der Waals surface area contributed by atoms with Gasteiger partial charge in [-0.2, -0.15) is 0 Å². The molecule has 1 aromatic rings. The first-order valence-corrected chi connectivity index (χ1v) is 8.46. The molecule has 0 amide bonds. The molecule has 0 heterocycles. The quantitative estimate of drug-likeness (QED) is 0.334. The van der Waals surface area contributed by atoms with Gasteiger partial charge in [0.05, 0.1) is 19.2 Å². The van der Waals surface area contributed by atoms with E-state index in [1.165, 1.54) is 0 Å². The zero-order chi connectivity index (χ0) is 17.9. The first kappa shape index (κ1) is 24.1. The van der Waals surface area contributed by atoms with Crippen LogP contribution in [0.5, 0.6) is 0 Å². The second-order valence-electron chi connectivity index (χ2n) is 5.93. The van der Waals surface area contributed by atoms with Crippen LogP contribution in [0.2, 0.25) is 0 Å². The molecule has 0 aliphatic heterocycles. The van der Waals surface area contributed by atoms with Gasteiger partial charge in [-0.1, -0.05) is 12.1 Å². The van der Waals surface area contributed by atoms with Gasteiger partial charge >= 0.3 is 0 Å². The Morgan fingerprint density at radius 3 is 2.68 bits per heavy atom. The van der Waals surface area contributed by atoms with Gasteiger partial charge in [0, 0.05) is 26.7 Å². The summed E-state index contributed by atoms with van der Waals surface area (Å²) in [5.41, 5.74) is 1.56. The maximum absolute atomic E-state index is 13.7. The van der Waals surface area contributed by atoms with Crippen LogP contribution in [0.25, 0.3) is 0 Å². The number of benzene rings is 1. The van der Waals surface area contributed by atoms with E-state index >= 15 is 0 Å². The third-order valence-electron chi connectivity index (χ3n) is 3.82. The lowest BCUT2D eigenvalue weighted by Gasteiger charge is -2.19. The van der Waals surface area contributed by atoms with E-state index in [1.54, 1.807) is 26.2 Å². The molecule has 0 fully saturated rings. The summed E-state index contributed by atoms with van der Waals surface area (Å²) in [5.74, 6) is 0.564.